The monoisotopic (exact) mass is 183 g/mol. The zero-order chi connectivity index (χ0) is 10.0. The topological polar surface area (TPSA) is 101 Å². The van der Waals surface area contributed by atoms with E-state index in [0.29, 0.717) is 0 Å². The lowest BCUT2D eigenvalue weighted by atomic mass is 10.1. The van der Waals surface area contributed by atoms with Crippen LogP contribution < -0.4 is 5.11 Å². The van der Waals surface area contributed by atoms with Crippen molar-refractivity contribution in [2.45, 2.75) is 6.10 Å². The highest BCUT2D eigenvalue weighted by Crippen LogP contribution is 2.27. The lowest BCUT2D eigenvalue weighted by molar-refractivity contribution is -0.315. The molecule has 70 valence electrons. The summed E-state index contributed by atoms with van der Waals surface area (Å²) in [4.78, 5) is 10.2. The Bertz CT molecular complexity index is 333. The second-order valence-electron chi connectivity index (χ2n) is 2.47. The second-order valence-corrected chi connectivity index (χ2v) is 2.47. The minimum atomic E-state index is -1.80. The van der Waals surface area contributed by atoms with E-state index < -0.39 is 17.8 Å². The summed E-state index contributed by atoms with van der Waals surface area (Å²) in [5, 5.41) is 37.0. The molecule has 13 heavy (non-hydrogen) atoms. The third-order valence-corrected chi connectivity index (χ3v) is 1.54. The summed E-state index contributed by atoms with van der Waals surface area (Å²) in [7, 11) is 0. The van der Waals surface area contributed by atoms with Crippen LogP contribution in [0.1, 0.15) is 11.7 Å². The van der Waals surface area contributed by atoms with Gasteiger partial charge in [-0.1, -0.05) is 6.07 Å². The van der Waals surface area contributed by atoms with E-state index in [1.165, 1.54) is 6.07 Å². The number of hydrogen-bond acceptors (Lipinski definition) is 5. The average molecular weight is 183 g/mol. The van der Waals surface area contributed by atoms with Crippen molar-refractivity contribution in [2.75, 3.05) is 0 Å². The van der Waals surface area contributed by atoms with Crippen LogP contribution in [0.25, 0.3) is 0 Å². The first-order valence-corrected chi connectivity index (χ1v) is 3.43. The Balaban J connectivity index is 3.03. The molecule has 0 radical (unpaired) electrons. The molecular weight excluding hydrogens is 176 g/mol. The van der Waals surface area contributed by atoms with Gasteiger partial charge in [0.25, 0.3) is 0 Å². The van der Waals surface area contributed by atoms with Crippen molar-refractivity contribution in [3.05, 3.63) is 23.8 Å². The zero-order valence-corrected chi connectivity index (χ0v) is 6.47. The van der Waals surface area contributed by atoms with E-state index in [0.717, 1.165) is 12.1 Å². The number of carboxylic acids is 1. The number of aromatic hydroxyl groups is 2. The van der Waals surface area contributed by atoms with Gasteiger partial charge in [-0.3, -0.25) is 0 Å². The normalized spacial score (nSPS) is 12.4. The number of phenols is 2. The molecule has 1 aromatic rings. The third-order valence-electron chi connectivity index (χ3n) is 1.54. The van der Waals surface area contributed by atoms with E-state index in [1.54, 1.807) is 0 Å². The molecular formula is C8H7O5-. The molecule has 0 fully saturated rings. The first-order chi connectivity index (χ1) is 6.02. The summed E-state index contributed by atoms with van der Waals surface area (Å²) in [6.07, 6.45) is -1.80. The van der Waals surface area contributed by atoms with Gasteiger partial charge in [0.1, 0.15) is 6.10 Å². The van der Waals surface area contributed by atoms with Crippen LogP contribution in [0.15, 0.2) is 18.2 Å². The number of carbonyl (C=O) groups excluding carboxylic acids is 1. The molecule has 0 heterocycles. The summed E-state index contributed by atoms with van der Waals surface area (Å²) >= 11 is 0. The molecule has 0 aliphatic rings. The highest BCUT2D eigenvalue weighted by atomic mass is 16.4. The molecule has 0 amide bonds. The Morgan fingerprint density at radius 3 is 2.38 bits per heavy atom. The standard InChI is InChI=1S/C8H8O5/c9-5-2-1-4(3-6(5)10)7(11)8(12)13/h1-3,7,9-11H,(H,12,13)/p-1. The van der Waals surface area contributed by atoms with Gasteiger partial charge in [-0.25, -0.2) is 0 Å². The largest absolute Gasteiger partial charge is 0.547 e. The maximum atomic E-state index is 10.2. The Morgan fingerprint density at radius 1 is 1.31 bits per heavy atom. The Kier molecular flexibility index (Phi) is 2.39. The van der Waals surface area contributed by atoms with E-state index in [-0.39, 0.29) is 11.3 Å². The molecule has 0 saturated carbocycles. The van der Waals surface area contributed by atoms with Crippen LogP contribution in [0.5, 0.6) is 11.5 Å². The van der Waals surface area contributed by atoms with Crippen molar-refractivity contribution in [3.63, 3.8) is 0 Å². The fraction of sp³-hybridized carbons (Fsp3) is 0.125. The fourth-order valence-electron chi connectivity index (χ4n) is 0.847. The molecule has 1 unspecified atom stereocenters. The van der Waals surface area contributed by atoms with Crippen LogP contribution in [0.3, 0.4) is 0 Å². The van der Waals surface area contributed by atoms with Gasteiger partial charge in [0.2, 0.25) is 0 Å². The molecule has 5 nitrogen and oxygen atoms in total. The summed E-state index contributed by atoms with van der Waals surface area (Å²) in [5.41, 5.74) is -0.0460. The number of rotatable bonds is 2. The van der Waals surface area contributed by atoms with Crippen LogP contribution in [0.4, 0.5) is 0 Å². The van der Waals surface area contributed by atoms with E-state index in [1.807, 2.05) is 0 Å². The van der Waals surface area contributed by atoms with E-state index in [4.69, 9.17) is 15.3 Å². The quantitative estimate of drug-likeness (QED) is 0.504. The van der Waals surface area contributed by atoms with Crippen LogP contribution >= 0.6 is 0 Å². The number of phenolic OH excluding ortho intramolecular Hbond substituents is 2. The first-order valence-electron chi connectivity index (χ1n) is 3.43. The summed E-state index contributed by atoms with van der Waals surface area (Å²) in [6, 6.07) is 3.21. The van der Waals surface area contributed by atoms with Gasteiger partial charge >= 0.3 is 0 Å². The van der Waals surface area contributed by atoms with Crippen molar-refractivity contribution in [1.29, 1.82) is 0 Å². The second kappa shape index (κ2) is 3.32. The van der Waals surface area contributed by atoms with Crippen molar-refractivity contribution in [2.24, 2.45) is 0 Å². The number of carbonyl (C=O) groups is 1. The predicted molar refractivity (Wildman–Crippen MR) is 39.7 cm³/mol. The molecule has 5 heteroatoms. The third kappa shape index (κ3) is 1.88. The lowest BCUT2D eigenvalue weighted by Crippen LogP contribution is -2.29. The number of aliphatic carboxylic acids is 1. The molecule has 1 aromatic carbocycles. The first kappa shape index (κ1) is 9.34. The van der Waals surface area contributed by atoms with E-state index >= 15 is 0 Å². The van der Waals surface area contributed by atoms with Crippen molar-refractivity contribution in [3.8, 4) is 11.5 Å². The highest BCUT2D eigenvalue weighted by Gasteiger charge is 2.10. The predicted octanol–water partition coefficient (Wildman–Crippen LogP) is -1.12. The highest BCUT2D eigenvalue weighted by molar-refractivity contribution is 5.72. The van der Waals surface area contributed by atoms with Crippen molar-refractivity contribution >= 4 is 5.97 Å². The summed E-state index contributed by atoms with van der Waals surface area (Å²) in [6.45, 7) is 0. The summed E-state index contributed by atoms with van der Waals surface area (Å²) in [5.74, 6) is -2.53. The zero-order valence-electron chi connectivity index (χ0n) is 6.47. The maximum absolute atomic E-state index is 10.2. The minimum absolute atomic E-state index is 0.0460. The van der Waals surface area contributed by atoms with E-state index in [9.17, 15) is 9.90 Å². The number of hydrogen-bond donors (Lipinski definition) is 3. The molecule has 0 aliphatic heterocycles. The van der Waals surface area contributed by atoms with Crippen LogP contribution in [-0.2, 0) is 4.79 Å². The molecule has 0 spiro atoms. The molecule has 1 rings (SSSR count). The van der Waals surface area contributed by atoms with Gasteiger partial charge in [0, 0.05) is 0 Å². The van der Waals surface area contributed by atoms with Crippen LogP contribution in [0, 0.1) is 0 Å². The molecule has 1 atom stereocenters. The van der Waals surface area contributed by atoms with Gasteiger partial charge in [0.15, 0.2) is 11.5 Å². The van der Waals surface area contributed by atoms with Crippen LogP contribution in [0.2, 0.25) is 0 Å². The molecule has 0 aromatic heterocycles. The average Bonchev–Trinajstić information content (AvgIpc) is 2.08. The summed E-state index contributed by atoms with van der Waals surface area (Å²) < 4.78 is 0. The minimum Gasteiger partial charge on any atom is -0.547 e. The van der Waals surface area contributed by atoms with Gasteiger partial charge in [-0.2, -0.15) is 0 Å². The van der Waals surface area contributed by atoms with Gasteiger partial charge in [-0.15, -0.1) is 0 Å². The Hall–Kier alpha value is -1.75. The Morgan fingerprint density at radius 2 is 1.92 bits per heavy atom. The lowest BCUT2D eigenvalue weighted by Gasteiger charge is -2.11. The van der Waals surface area contributed by atoms with Crippen molar-refractivity contribution in [1.82, 2.24) is 0 Å². The van der Waals surface area contributed by atoms with E-state index in [2.05, 4.69) is 0 Å². The molecule has 0 bridgehead atoms. The molecule has 0 aliphatic carbocycles. The Labute approximate surface area is 73.5 Å². The van der Waals surface area contributed by atoms with Gasteiger partial charge < -0.3 is 25.2 Å². The smallest absolute Gasteiger partial charge is 0.157 e. The molecule has 0 saturated heterocycles. The van der Waals surface area contributed by atoms with Crippen LogP contribution in [-0.4, -0.2) is 21.3 Å². The van der Waals surface area contributed by atoms with Crippen molar-refractivity contribution < 1.29 is 25.2 Å². The fourth-order valence-corrected chi connectivity index (χ4v) is 0.847. The SMILES string of the molecule is O=C([O-])C(O)c1ccc(O)c(O)c1. The number of benzene rings is 1. The number of carboxylic acid groups (broad SMARTS) is 1. The van der Waals surface area contributed by atoms with Gasteiger partial charge in [0.05, 0.1) is 5.97 Å². The number of aliphatic hydroxyl groups is 1. The van der Waals surface area contributed by atoms with Gasteiger partial charge in [-0.05, 0) is 17.7 Å². The number of aliphatic hydroxyl groups excluding tert-OH is 1. The molecule has 3 N–H and O–H groups in total. The maximum Gasteiger partial charge on any atom is 0.157 e.